The Morgan fingerprint density at radius 3 is 2.65 bits per heavy atom. The van der Waals surface area contributed by atoms with E-state index in [1.54, 1.807) is 37.6 Å². The molecule has 0 unspecified atom stereocenters. The van der Waals surface area contributed by atoms with E-state index in [0.717, 1.165) is 5.69 Å². The highest BCUT2D eigenvalue weighted by molar-refractivity contribution is 6.08. The maximum atomic E-state index is 12.1. The van der Waals surface area contributed by atoms with Crippen LogP contribution < -0.4 is 4.74 Å². The fourth-order valence-electron chi connectivity index (χ4n) is 1.53. The number of carbonyl (C=O) groups excluding carboxylic acids is 1. The van der Waals surface area contributed by atoms with Gasteiger partial charge in [-0.1, -0.05) is 12.1 Å². The van der Waals surface area contributed by atoms with Crippen LogP contribution in [-0.4, -0.2) is 17.9 Å². The van der Waals surface area contributed by atoms with Gasteiger partial charge in [0.05, 0.1) is 7.11 Å². The normalized spacial score (nSPS) is 10.0. The molecule has 0 bridgehead atoms. The van der Waals surface area contributed by atoms with Crippen LogP contribution in [0.2, 0.25) is 0 Å². The number of rotatable bonds is 3. The van der Waals surface area contributed by atoms with Crippen LogP contribution in [0.1, 0.15) is 21.6 Å². The van der Waals surface area contributed by atoms with Crippen molar-refractivity contribution in [3.05, 3.63) is 59.4 Å². The average molecular weight is 227 g/mol. The number of ether oxygens (including phenoxy) is 1. The summed E-state index contributed by atoms with van der Waals surface area (Å²) >= 11 is 0. The van der Waals surface area contributed by atoms with Crippen LogP contribution in [0.5, 0.6) is 5.75 Å². The molecule has 1 aromatic carbocycles. The fraction of sp³-hybridized carbons (Fsp3) is 0.143. The lowest BCUT2D eigenvalue weighted by Crippen LogP contribution is -2.02. The molecule has 0 saturated heterocycles. The second-order valence-electron chi connectivity index (χ2n) is 3.75. The molecule has 0 amide bonds. The minimum Gasteiger partial charge on any atom is -0.497 e. The van der Waals surface area contributed by atoms with E-state index in [0.29, 0.717) is 16.9 Å². The summed E-state index contributed by atoms with van der Waals surface area (Å²) in [5.41, 5.74) is 2.09. The molecule has 0 aliphatic heterocycles. The SMILES string of the molecule is COc1cccc(C(=O)c2ccc(C)nc2)c1. The van der Waals surface area contributed by atoms with E-state index in [1.165, 1.54) is 0 Å². The van der Waals surface area contributed by atoms with Crippen molar-refractivity contribution in [3.63, 3.8) is 0 Å². The molecule has 3 nitrogen and oxygen atoms in total. The average Bonchev–Trinajstić information content (AvgIpc) is 2.39. The number of methoxy groups -OCH3 is 1. The van der Waals surface area contributed by atoms with Crippen LogP contribution in [0, 0.1) is 6.92 Å². The second kappa shape index (κ2) is 4.78. The van der Waals surface area contributed by atoms with Crippen molar-refractivity contribution >= 4 is 5.78 Å². The van der Waals surface area contributed by atoms with E-state index in [-0.39, 0.29) is 5.78 Å². The van der Waals surface area contributed by atoms with Crippen molar-refractivity contribution in [1.82, 2.24) is 4.98 Å². The van der Waals surface area contributed by atoms with Crippen LogP contribution >= 0.6 is 0 Å². The van der Waals surface area contributed by atoms with Crippen LogP contribution in [0.25, 0.3) is 0 Å². The molecule has 1 aromatic heterocycles. The Bertz CT molecular complexity index is 532. The molecule has 17 heavy (non-hydrogen) atoms. The van der Waals surface area contributed by atoms with Gasteiger partial charge in [0.15, 0.2) is 5.78 Å². The molecule has 0 aliphatic rings. The minimum absolute atomic E-state index is 0.0450. The Hall–Kier alpha value is -2.16. The lowest BCUT2D eigenvalue weighted by atomic mass is 10.0. The predicted octanol–water partition coefficient (Wildman–Crippen LogP) is 2.63. The zero-order valence-corrected chi connectivity index (χ0v) is 9.81. The largest absolute Gasteiger partial charge is 0.497 e. The summed E-state index contributed by atoms with van der Waals surface area (Å²) in [5.74, 6) is 0.632. The zero-order chi connectivity index (χ0) is 12.3. The van der Waals surface area contributed by atoms with Gasteiger partial charge in [0, 0.05) is 23.0 Å². The van der Waals surface area contributed by atoms with Crippen LogP contribution in [0.4, 0.5) is 0 Å². The number of ketones is 1. The smallest absolute Gasteiger partial charge is 0.194 e. The summed E-state index contributed by atoms with van der Waals surface area (Å²) < 4.78 is 5.09. The van der Waals surface area contributed by atoms with Gasteiger partial charge in [-0.25, -0.2) is 0 Å². The van der Waals surface area contributed by atoms with Crippen molar-refractivity contribution < 1.29 is 9.53 Å². The lowest BCUT2D eigenvalue weighted by molar-refractivity contribution is 0.103. The van der Waals surface area contributed by atoms with E-state index in [4.69, 9.17) is 4.74 Å². The highest BCUT2D eigenvalue weighted by Gasteiger charge is 2.09. The minimum atomic E-state index is -0.0450. The maximum Gasteiger partial charge on any atom is 0.194 e. The van der Waals surface area contributed by atoms with E-state index >= 15 is 0 Å². The first-order valence-corrected chi connectivity index (χ1v) is 5.32. The van der Waals surface area contributed by atoms with Crippen molar-refractivity contribution in [3.8, 4) is 5.75 Å². The summed E-state index contributed by atoms with van der Waals surface area (Å²) in [6, 6.07) is 10.7. The fourth-order valence-corrected chi connectivity index (χ4v) is 1.53. The van der Waals surface area contributed by atoms with Crippen molar-refractivity contribution in [2.24, 2.45) is 0 Å². The Morgan fingerprint density at radius 1 is 1.18 bits per heavy atom. The monoisotopic (exact) mass is 227 g/mol. The quantitative estimate of drug-likeness (QED) is 0.757. The van der Waals surface area contributed by atoms with Gasteiger partial charge < -0.3 is 4.74 Å². The molecule has 0 N–H and O–H groups in total. The van der Waals surface area contributed by atoms with Gasteiger partial charge in [-0.15, -0.1) is 0 Å². The van der Waals surface area contributed by atoms with Gasteiger partial charge >= 0.3 is 0 Å². The molecule has 2 aromatic rings. The standard InChI is InChI=1S/C14H13NO2/c1-10-6-7-12(9-15-10)14(16)11-4-3-5-13(8-11)17-2/h3-9H,1-2H3. The summed E-state index contributed by atoms with van der Waals surface area (Å²) in [4.78, 5) is 16.2. The number of aromatic nitrogens is 1. The maximum absolute atomic E-state index is 12.1. The van der Waals surface area contributed by atoms with Crippen LogP contribution in [-0.2, 0) is 0 Å². The molecule has 86 valence electrons. The first-order valence-electron chi connectivity index (χ1n) is 5.32. The molecule has 0 atom stereocenters. The second-order valence-corrected chi connectivity index (χ2v) is 3.75. The van der Waals surface area contributed by atoms with Gasteiger partial charge in [-0.3, -0.25) is 9.78 Å². The van der Waals surface area contributed by atoms with Gasteiger partial charge in [0.25, 0.3) is 0 Å². The number of hydrogen-bond acceptors (Lipinski definition) is 3. The third kappa shape index (κ3) is 2.50. The Kier molecular flexibility index (Phi) is 3.19. The molecular weight excluding hydrogens is 214 g/mol. The number of pyridine rings is 1. The molecule has 0 aliphatic carbocycles. The topological polar surface area (TPSA) is 39.2 Å². The third-order valence-electron chi connectivity index (χ3n) is 2.51. The lowest BCUT2D eigenvalue weighted by Gasteiger charge is -2.04. The molecule has 3 heteroatoms. The van der Waals surface area contributed by atoms with E-state index < -0.39 is 0 Å². The molecule has 0 fully saturated rings. The van der Waals surface area contributed by atoms with Crippen molar-refractivity contribution in [2.75, 3.05) is 7.11 Å². The number of carbonyl (C=O) groups is 1. The van der Waals surface area contributed by atoms with Crippen molar-refractivity contribution in [1.29, 1.82) is 0 Å². The van der Waals surface area contributed by atoms with Crippen molar-refractivity contribution in [2.45, 2.75) is 6.92 Å². The van der Waals surface area contributed by atoms with E-state index in [1.807, 2.05) is 19.1 Å². The first-order chi connectivity index (χ1) is 8.20. The molecule has 2 rings (SSSR count). The molecule has 0 saturated carbocycles. The first kappa shape index (κ1) is 11.3. The number of hydrogen-bond donors (Lipinski definition) is 0. The Labute approximate surface area is 100 Å². The number of aryl methyl sites for hydroxylation is 1. The molecule has 1 heterocycles. The number of benzene rings is 1. The third-order valence-corrected chi connectivity index (χ3v) is 2.51. The molecule has 0 spiro atoms. The highest BCUT2D eigenvalue weighted by atomic mass is 16.5. The van der Waals surface area contributed by atoms with E-state index in [9.17, 15) is 4.79 Å². The number of nitrogens with zero attached hydrogens (tertiary/aromatic N) is 1. The Morgan fingerprint density at radius 2 is 2.00 bits per heavy atom. The molecule has 0 radical (unpaired) electrons. The summed E-state index contributed by atoms with van der Waals surface area (Å²) in [6.07, 6.45) is 1.59. The van der Waals surface area contributed by atoms with Gasteiger partial charge in [0.2, 0.25) is 0 Å². The summed E-state index contributed by atoms with van der Waals surface area (Å²) in [7, 11) is 1.58. The van der Waals surface area contributed by atoms with Gasteiger partial charge in [-0.05, 0) is 31.2 Å². The summed E-state index contributed by atoms with van der Waals surface area (Å²) in [6.45, 7) is 1.89. The van der Waals surface area contributed by atoms with Crippen LogP contribution in [0.3, 0.4) is 0 Å². The Balaban J connectivity index is 2.33. The predicted molar refractivity (Wildman–Crippen MR) is 65.4 cm³/mol. The highest BCUT2D eigenvalue weighted by Crippen LogP contribution is 2.16. The summed E-state index contributed by atoms with van der Waals surface area (Å²) in [5, 5.41) is 0. The van der Waals surface area contributed by atoms with Crippen LogP contribution in [0.15, 0.2) is 42.6 Å². The van der Waals surface area contributed by atoms with Gasteiger partial charge in [-0.2, -0.15) is 0 Å². The van der Waals surface area contributed by atoms with E-state index in [2.05, 4.69) is 4.98 Å². The zero-order valence-electron chi connectivity index (χ0n) is 9.81. The molecular formula is C14H13NO2. The van der Waals surface area contributed by atoms with Gasteiger partial charge in [0.1, 0.15) is 5.75 Å².